The molecule has 0 amide bonds. The molecule has 12 nitrogen and oxygen atoms in total. The Bertz CT molecular complexity index is 1200. The Morgan fingerprint density at radius 1 is 0.781 bits per heavy atom. The van der Waals surface area contributed by atoms with E-state index in [1.807, 2.05) is 0 Å². The zero-order valence-electron chi connectivity index (χ0n) is 16.6. The Labute approximate surface area is 180 Å². The van der Waals surface area contributed by atoms with Gasteiger partial charge in [0, 0.05) is 30.4 Å². The Kier molecular flexibility index (Phi) is 6.44. The van der Waals surface area contributed by atoms with E-state index < -0.39 is 26.1 Å². The van der Waals surface area contributed by atoms with E-state index >= 15 is 0 Å². The highest BCUT2D eigenvalue weighted by molar-refractivity contribution is 5.57. The van der Waals surface area contributed by atoms with E-state index in [2.05, 4.69) is 5.32 Å². The van der Waals surface area contributed by atoms with Crippen molar-refractivity contribution in [3.05, 3.63) is 96.6 Å². The molecule has 0 aromatic heterocycles. The Hall–Kier alpha value is -4.74. The van der Waals surface area contributed by atoms with E-state index in [0.717, 1.165) is 23.8 Å². The second-order valence-electron chi connectivity index (χ2n) is 6.41. The van der Waals surface area contributed by atoms with E-state index in [9.17, 15) is 30.3 Å². The standard InChI is InChI=1S/C20H16N4O8/c1-31-20-9-13(12-21-14-3-2-4-15(10-14)22(25)26)5-7-19(20)32-18-8-6-16(23(27)28)11-17(18)24(29)30/h2-11,21H,12H2,1H3. The van der Waals surface area contributed by atoms with E-state index in [1.165, 1.54) is 25.3 Å². The average Bonchev–Trinajstić information content (AvgIpc) is 2.78. The highest BCUT2D eigenvalue weighted by Gasteiger charge is 2.22. The van der Waals surface area contributed by atoms with Crippen molar-refractivity contribution in [3.63, 3.8) is 0 Å². The molecule has 3 aromatic rings. The van der Waals surface area contributed by atoms with Crippen molar-refractivity contribution in [1.29, 1.82) is 0 Å². The molecule has 0 saturated heterocycles. The molecule has 0 heterocycles. The number of anilines is 1. The number of methoxy groups -OCH3 is 1. The molecular weight excluding hydrogens is 424 g/mol. The Morgan fingerprint density at radius 2 is 1.47 bits per heavy atom. The fourth-order valence-corrected chi connectivity index (χ4v) is 2.81. The van der Waals surface area contributed by atoms with E-state index in [-0.39, 0.29) is 22.9 Å². The van der Waals surface area contributed by atoms with E-state index in [1.54, 1.807) is 24.3 Å². The molecule has 0 aliphatic carbocycles. The summed E-state index contributed by atoms with van der Waals surface area (Å²) < 4.78 is 10.9. The van der Waals surface area contributed by atoms with E-state index in [0.29, 0.717) is 12.2 Å². The fourth-order valence-electron chi connectivity index (χ4n) is 2.81. The van der Waals surface area contributed by atoms with Gasteiger partial charge in [0.05, 0.1) is 27.9 Å². The summed E-state index contributed by atoms with van der Waals surface area (Å²) in [5.74, 6) is 0.265. The predicted octanol–water partition coefficient (Wildman–Crippen LogP) is 4.82. The van der Waals surface area contributed by atoms with Crippen LogP contribution in [0.25, 0.3) is 0 Å². The van der Waals surface area contributed by atoms with Crippen LogP contribution in [0.3, 0.4) is 0 Å². The Morgan fingerprint density at radius 3 is 2.12 bits per heavy atom. The molecule has 32 heavy (non-hydrogen) atoms. The van der Waals surface area contributed by atoms with Crippen molar-refractivity contribution in [3.8, 4) is 17.2 Å². The molecule has 0 atom stereocenters. The van der Waals surface area contributed by atoms with Crippen molar-refractivity contribution < 1.29 is 24.2 Å². The van der Waals surface area contributed by atoms with Crippen LogP contribution in [-0.2, 0) is 6.54 Å². The lowest BCUT2D eigenvalue weighted by molar-refractivity contribution is -0.394. The maximum Gasteiger partial charge on any atom is 0.318 e. The highest BCUT2D eigenvalue weighted by Crippen LogP contribution is 2.38. The summed E-state index contributed by atoms with van der Waals surface area (Å²) in [6, 6.07) is 14.0. The Balaban J connectivity index is 1.80. The van der Waals surface area contributed by atoms with Gasteiger partial charge in [-0.25, -0.2) is 0 Å². The summed E-state index contributed by atoms with van der Waals surface area (Å²) in [5, 5.41) is 36.1. The van der Waals surface area contributed by atoms with Crippen molar-refractivity contribution in [1.82, 2.24) is 0 Å². The lowest BCUT2D eigenvalue weighted by Crippen LogP contribution is -2.01. The number of nitrogens with zero attached hydrogens (tertiary/aromatic N) is 3. The molecule has 0 fully saturated rings. The second kappa shape index (κ2) is 9.38. The minimum atomic E-state index is -0.772. The SMILES string of the molecule is COc1cc(CNc2cccc([N+](=O)[O-])c2)ccc1Oc1ccc([N+](=O)[O-])cc1[N+](=O)[O-]. The maximum atomic E-state index is 11.3. The summed E-state index contributed by atoms with van der Waals surface area (Å²) in [4.78, 5) is 31.1. The van der Waals surface area contributed by atoms with Gasteiger partial charge in [0.1, 0.15) is 0 Å². The quantitative estimate of drug-likeness (QED) is 0.363. The smallest absolute Gasteiger partial charge is 0.318 e. The van der Waals surface area contributed by atoms with Gasteiger partial charge >= 0.3 is 5.69 Å². The number of non-ortho nitro benzene ring substituents is 2. The first kappa shape index (κ1) is 22.0. The summed E-state index contributed by atoms with van der Waals surface area (Å²) >= 11 is 0. The van der Waals surface area contributed by atoms with Gasteiger partial charge in [0.15, 0.2) is 11.5 Å². The third-order valence-corrected chi connectivity index (χ3v) is 4.35. The molecule has 3 rings (SSSR count). The van der Waals surface area contributed by atoms with Crippen LogP contribution in [0.1, 0.15) is 5.56 Å². The zero-order chi connectivity index (χ0) is 23.3. The molecule has 164 valence electrons. The normalized spacial score (nSPS) is 10.3. The number of hydrogen-bond donors (Lipinski definition) is 1. The third kappa shape index (κ3) is 5.05. The second-order valence-corrected chi connectivity index (χ2v) is 6.41. The van der Waals surface area contributed by atoms with Crippen molar-refractivity contribution in [2.24, 2.45) is 0 Å². The maximum absolute atomic E-state index is 11.3. The van der Waals surface area contributed by atoms with Crippen LogP contribution in [-0.4, -0.2) is 21.9 Å². The molecule has 0 unspecified atom stereocenters. The average molecular weight is 440 g/mol. The van der Waals surface area contributed by atoms with Crippen molar-refractivity contribution in [2.75, 3.05) is 12.4 Å². The molecule has 3 aromatic carbocycles. The van der Waals surface area contributed by atoms with Crippen LogP contribution >= 0.6 is 0 Å². The summed E-state index contributed by atoms with van der Waals surface area (Å²) in [7, 11) is 1.39. The number of hydrogen-bond acceptors (Lipinski definition) is 9. The minimum absolute atomic E-state index is 0.0407. The highest BCUT2D eigenvalue weighted by atomic mass is 16.6. The number of rotatable bonds is 9. The largest absolute Gasteiger partial charge is 0.493 e. The van der Waals surface area contributed by atoms with Gasteiger partial charge < -0.3 is 14.8 Å². The molecule has 0 spiro atoms. The number of nitro benzene ring substituents is 3. The summed E-state index contributed by atoms with van der Waals surface area (Å²) in [6.07, 6.45) is 0. The van der Waals surface area contributed by atoms with Gasteiger partial charge in [0.25, 0.3) is 11.4 Å². The van der Waals surface area contributed by atoms with Crippen LogP contribution in [0.15, 0.2) is 60.7 Å². The lowest BCUT2D eigenvalue weighted by Gasteiger charge is -2.13. The van der Waals surface area contributed by atoms with Gasteiger partial charge in [0.2, 0.25) is 5.75 Å². The zero-order valence-corrected chi connectivity index (χ0v) is 16.6. The monoisotopic (exact) mass is 440 g/mol. The summed E-state index contributed by atoms with van der Waals surface area (Å²) in [5.41, 5.74) is 0.274. The van der Waals surface area contributed by atoms with Gasteiger partial charge in [-0.05, 0) is 29.8 Å². The van der Waals surface area contributed by atoms with Crippen LogP contribution in [0, 0.1) is 30.3 Å². The van der Waals surface area contributed by atoms with Crippen molar-refractivity contribution >= 4 is 22.7 Å². The summed E-state index contributed by atoms with van der Waals surface area (Å²) in [6.45, 7) is 0.315. The number of nitro groups is 3. The molecule has 1 N–H and O–H groups in total. The third-order valence-electron chi connectivity index (χ3n) is 4.35. The first-order chi connectivity index (χ1) is 15.3. The first-order valence-electron chi connectivity index (χ1n) is 9.04. The number of nitrogens with one attached hydrogen (secondary N) is 1. The predicted molar refractivity (Wildman–Crippen MR) is 113 cm³/mol. The van der Waals surface area contributed by atoms with Crippen LogP contribution < -0.4 is 14.8 Å². The van der Waals surface area contributed by atoms with Gasteiger partial charge in [-0.2, -0.15) is 0 Å². The first-order valence-corrected chi connectivity index (χ1v) is 9.04. The van der Waals surface area contributed by atoms with Crippen molar-refractivity contribution in [2.45, 2.75) is 6.54 Å². The van der Waals surface area contributed by atoms with Gasteiger partial charge in [-0.3, -0.25) is 30.3 Å². The fraction of sp³-hybridized carbons (Fsp3) is 0.100. The number of benzene rings is 3. The molecule has 0 aliphatic heterocycles. The van der Waals surface area contributed by atoms with Crippen LogP contribution in [0.2, 0.25) is 0 Å². The lowest BCUT2D eigenvalue weighted by atomic mass is 10.2. The van der Waals surface area contributed by atoms with Gasteiger partial charge in [-0.1, -0.05) is 12.1 Å². The van der Waals surface area contributed by atoms with Gasteiger partial charge in [-0.15, -0.1) is 0 Å². The van der Waals surface area contributed by atoms with E-state index in [4.69, 9.17) is 9.47 Å². The molecule has 0 aliphatic rings. The molecule has 0 saturated carbocycles. The number of ether oxygens (including phenoxy) is 2. The van der Waals surface area contributed by atoms with Crippen LogP contribution in [0.5, 0.6) is 17.2 Å². The molecule has 0 radical (unpaired) electrons. The minimum Gasteiger partial charge on any atom is -0.493 e. The molecule has 0 bridgehead atoms. The van der Waals surface area contributed by atoms with Crippen LogP contribution in [0.4, 0.5) is 22.7 Å². The topological polar surface area (TPSA) is 160 Å². The molecule has 12 heteroatoms. The molecular formula is C20H16N4O8.